The first kappa shape index (κ1) is 29.8. The molecular formula is C42H28N4O4S2. The van der Waals surface area contributed by atoms with Gasteiger partial charge in [0.2, 0.25) is 11.4 Å². The maximum atomic E-state index is 6.63. The number of ether oxygens (including phenoxy) is 2. The minimum Gasteiger partial charge on any atom is -0.495 e. The molecule has 6 aromatic carbocycles. The number of fused-ring (bicyclic) bond motifs is 12. The summed E-state index contributed by atoms with van der Waals surface area (Å²) in [5.74, 6) is 1.30. The summed E-state index contributed by atoms with van der Waals surface area (Å²) in [6, 6.07) is 20.9. The lowest BCUT2D eigenvalue weighted by molar-refractivity contribution is 0.423. The van der Waals surface area contributed by atoms with Gasteiger partial charge in [0.25, 0.3) is 0 Å². The molecule has 0 N–H and O–H groups in total. The number of benzene rings is 6. The summed E-state index contributed by atoms with van der Waals surface area (Å²) in [5, 5.41) is 7.24. The number of hydrogen-bond acceptors (Lipinski definition) is 10. The first-order valence-corrected chi connectivity index (χ1v) is 18.6. The highest BCUT2D eigenvalue weighted by atomic mass is 32.1. The van der Waals surface area contributed by atoms with Gasteiger partial charge in [-0.3, -0.25) is 0 Å². The van der Waals surface area contributed by atoms with Gasteiger partial charge in [-0.25, -0.2) is 19.9 Å². The van der Waals surface area contributed by atoms with Crippen LogP contribution in [0, 0.1) is 27.7 Å². The molecule has 0 spiro atoms. The van der Waals surface area contributed by atoms with Gasteiger partial charge >= 0.3 is 0 Å². The number of hydrogen-bond donors (Lipinski definition) is 0. The van der Waals surface area contributed by atoms with E-state index in [-0.39, 0.29) is 0 Å². The maximum absolute atomic E-state index is 6.63. The molecule has 8 nitrogen and oxygen atoms in total. The molecule has 0 aliphatic carbocycles. The van der Waals surface area contributed by atoms with Crippen molar-refractivity contribution in [3.8, 4) is 11.5 Å². The van der Waals surface area contributed by atoms with Gasteiger partial charge < -0.3 is 18.3 Å². The number of aryl methyl sites for hydroxylation is 4. The van der Waals surface area contributed by atoms with Crippen molar-refractivity contribution in [1.29, 1.82) is 0 Å². The van der Waals surface area contributed by atoms with E-state index in [0.717, 1.165) is 101 Å². The average molecular weight is 717 g/mol. The number of para-hydroxylation sites is 2. The molecule has 0 atom stereocenters. The third-order valence-electron chi connectivity index (χ3n) is 10.3. The number of thiazole rings is 2. The number of methoxy groups -OCH3 is 2. The zero-order valence-corrected chi connectivity index (χ0v) is 30.6. The molecule has 11 rings (SSSR count). The molecular weight excluding hydrogens is 689 g/mol. The van der Waals surface area contributed by atoms with Crippen LogP contribution in [0.15, 0.2) is 69.5 Å². The Labute approximate surface area is 302 Å². The van der Waals surface area contributed by atoms with Gasteiger partial charge in [0.05, 0.1) is 56.2 Å². The lowest BCUT2D eigenvalue weighted by Crippen LogP contribution is -1.87. The molecule has 12 bridgehead atoms. The van der Waals surface area contributed by atoms with Crippen LogP contribution in [0.3, 0.4) is 0 Å². The quantitative estimate of drug-likeness (QED) is 0.174. The van der Waals surface area contributed by atoms with Crippen molar-refractivity contribution in [2.45, 2.75) is 27.7 Å². The normalized spacial score (nSPS) is 12.4. The van der Waals surface area contributed by atoms with Crippen LogP contribution < -0.4 is 9.47 Å². The Morgan fingerprint density at radius 1 is 0.500 bits per heavy atom. The van der Waals surface area contributed by atoms with Gasteiger partial charge in [-0.2, -0.15) is 0 Å². The minimum absolute atomic E-state index is 0.446. The zero-order chi connectivity index (χ0) is 35.2. The van der Waals surface area contributed by atoms with Gasteiger partial charge in [-0.1, -0.05) is 12.1 Å². The van der Waals surface area contributed by atoms with E-state index in [1.807, 2.05) is 18.2 Å². The largest absolute Gasteiger partial charge is 0.495 e. The van der Waals surface area contributed by atoms with E-state index >= 15 is 0 Å². The summed E-state index contributed by atoms with van der Waals surface area (Å²) >= 11 is 3.32. The van der Waals surface area contributed by atoms with Crippen molar-refractivity contribution in [1.82, 2.24) is 19.9 Å². The molecule has 0 saturated carbocycles. The fraction of sp³-hybridized carbons (Fsp3) is 0.143. The van der Waals surface area contributed by atoms with Crippen molar-refractivity contribution in [3.63, 3.8) is 0 Å². The van der Waals surface area contributed by atoms with Crippen LogP contribution in [-0.4, -0.2) is 34.2 Å². The van der Waals surface area contributed by atoms with Crippen LogP contribution in [0.4, 0.5) is 0 Å². The van der Waals surface area contributed by atoms with E-state index in [4.69, 9.17) is 38.2 Å². The summed E-state index contributed by atoms with van der Waals surface area (Å²) in [4.78, 5) is 22.8. The van der Waals surface area contributed by atoms with Gasteiger partial charge in [0, 0.05) is 10.8 Å². The van der Waals surface area contributed by atoms with Crippen molar-refractivity contribution < 1.29 is 18.3 Å². The maximum Gasteiger partial charge on any atom is 0.231 e. The van der Waals surface area contributed by atoms with E-state index in [0.29, 0.717) is 39.1 Å². The lowest BCUT2D eigenvalue weighted by atomic mass is 10.0. The molecule has 0 unspecified atom stereocenters. The first-order chi connectivity index (χ1) is 25.3. The minimum atomic E-state index is 0.446. The second-order valence-electron chi connectivity index (χ2n) is 13.5. The second-order valence-corrected chi connectivity index (χ2v) is 15.5. The van der Waals surface area contributed by atoms with E-state index in [1.165, 1.54) is 0 Å². The zero-order valence-electron chi connectivity index (χ0n) is 29.0. The highest BCUT2D eigenvalue weighted by Crippen LogP contribution is 2.45. The molecule has 0 aliphatic heterocycles. The highest BCUT2D eigenvalue weighted by molar-refractivity contribution is 7.25. The molecule has 0 fully saturated rings. The van der Waals surface area contributed by atoms with Crippen molar-refractivity contribution >= 4 is 129 Å². The van der Waals surface area contributed by atoms with E-state index in [1.54, 1.807) is 36.9 Å². The Morgan fingerprint density at radius 3 is 1.35 bits per heavy atom. The monoisotopic (exact) mass is 716 g/mol. The Kier molecular flexibility index (Phi) is 5.95. The summed E-state index contributed by atoms with van der Waals surface area (Å²) in [5.41, 5.74) is 9.88. The number of oxazole rings is 2. The van der Waals surface area contributed by atoms with Crippen LogP contribution in [-0.2, 0) is 0 Å². The van der Waals surface area contributed by atoms with Crippen molar-refractivity contribution in [3.05, 3.63) is 82.9 Å². The number of aromatic nitrogens is 4. The summed E-state index contributed by atoms with van der Waals surface area (Å²) < 4.78 is 27.8. The molecule has 10 heteroatoms. The standard InChI is InChI=1S/C42H28N4O4S2/c1-17-13-21-15-19(3)37-31-27(21)29-33(17)49-39(43-29)23-9-7-10-24(35(23)47-5)40-44-30-28-22(14-18(2)34(30)50-40)16-20(4)38-32(28)46-42(52-38)26-12-8-11-25(36(26)48-6)41(45-31)51-37/h7-16H,1-6H3. The molecule has 52 heavy (non-hydrogen) atoms. The Bertz CT molecular complexity index is 3010. The van der Waals surface area contributed by atoms with E-state index in [2.05, 4.69) is 70.2 Å². The third kappa shape index (κ3) is 3.85. The molecule has 5 aromatic heterocycles. The molecule has 0 saturated heterocycles. The molecule has 252 valence electrons. The number of nitrogens with zero attached hydrogens (tertiary/aromatic N) is 4. The lowest BCUT2D eigenvalue weighted by Gasteiger charge is -2.04. The highest BCUT2D eigenvalue weighted by Gasteiger charge is 2.22. The first-order valence-electron chi connectivity index (χ1n) is 16.9. The predicted molar refractivity (Wildman–Crippen MR) is 214 cm³/mol. The Balaban J connectivity index is 1.45. The topological polar surface area (TPSA) is 96.3 Å². The van der Waals surface area contributed by atoms with Crippen LogP contribution in [0.25, 0.3) is 107 Å². The van der Waals surface area contributed by atoms with Crippen molar-refractivity contribution in [2.75, 3.05) is 14.2 Å². The van der Waals surface area contributed by atoms with Crippen LogP contribution in [0.5, 0.6) is 11.5 Å². The van der Waals surface area contributed by atoms with E-state index in [9.17, 15) is 0 Å². The smallest absolute Gasteiger partial charge is 0.231 e. The van der Waals surface area contributed by atoms with E-state index < -0.39 is 0 Å². The van der Waals surface area contributed by atoms with Crippen LogP contribution in [0.2, 0.25) is 0 Å². The Morgan fingerprint density at radius 2 is 0.904 bits per heavy atom. The fourth-order valence-corrected chi connectivity index (χ4v) is 10.1. The summed E-state index contributed by atoms with van der Waals surface area (Å²) in [7, 11) is 3.38. The summed E-state index contributed by atoms with van der Waals surface area (Å²) in [6.07, 6.45) is 0. The SMILES string of the molecule is COc1c2cccc1c1nc3c(o1)c(C)cc1cc(C)c4sc(nc4c13)c1cccc(c1OC)c1nc3c(s1)c(C)cc1cc(C)c4oc2nc4c13. The molecule has 0 amide bonds. The fourth-order valence-electron chi connectivity index (χ4n) is 8.01. The van der Waals surface area contributed by atoms with Crippen LogP contribution >= 0.6 is 22.7 Å². The van der Waals surface area contributed by atoms with Gasteiger partial charge in [0.15, 0.2) is 11.2 Å². The molecule has 5 heterocycles. The Hall–Kier alpha value is -5.84. The second kappa shape index (κ2) is 10.4. The number of rotatable bonds is 2. The molecule has 11 aromatic rings. The van der Waals surface area contributed by atoms with Crippen LogP contribution in [0.1, 0.15) is 22.3 Å². The third-order valence-corrected chi connectivity index (χ3v) is 12.8. The van der Waals surface area contributed by atoms with Crippen molar-refractivity contribution in [2.24, 2.45) is 0 Å². The van der Waals surface area contributed by atoms with Gasteiger partial charge in [-0.05, 0) is 109 Å². The predicted octanol–water partition coefficient (Wildman–Crippen LogP) is 11.9. The van der Waals surface area contributed by atoms with Gasteiger partial charge in [-0.15, -0.1) is 22.7 Å². The van der Waals surface area contributed by atoms with Gasteiger partial charge in [0.1, 0.15) is 32.2 Å². The summed E-state index contributed by atoms with van der Waals surface area (Å²) in [6.45, 7) is 8.40. The molecule has 0 aliphatic rings. The molecule has 0 radical (unpaired) electrons. The average Bonchev–Trinajstić information content (AvgIpc) is 3.95.